The minimum Gasteiger partial charge on any atom is -0.490 e. The quantitative estimate of drug-likeness (QED) is 0.778. The van der Waals surface area contributed by atoms with Gasteiger partial charge in [-0.25, -0.2) is 0 Å². The number of ether oxygens (including phenoxy) is 1. The Kier molecular flexibility index (Phi) is 6.68. The number of carboxylic acid groups (broad SMARTS) is 1. The molecule has 3 nitrogen and oxygen atoms in total. The van der Waals surface area contributed by atoms with E-state index in [1.54, 1.807) is 25.1 Å². The number of aliphatic carboxylic acids is 1. The second-order valence-electron chi connectivity index (χ2n) is 3.71. The van der Waals surface area contributed by atoms with Gasteiger partial charge in [0.15, 0.2) is 5.75 Å². The van der Waals surface area contributed by atoms with E-state index in [1.165, 1.54) is 11.8 Å². The molecule has 1 rings (SSSR count). The smallest absolute Gasteiger partial charge is 0.307 e. The Morgan fingerprint density at radius 3 is 2.61 bits per heavy atom. The average molecular weight is 309 g/mol. The summed E-state index contributed by atoms with van der Waals surface area (Å²) < 4.78 is 5.48. The van der Waals surface area contributed by atoms with Crippen molar-refractivity contribution in [2.75, 3.05) is 18.1 Å². The zero-order valence-electron chi connectivity index (χ0n) is 9.86. The van der Waals surface area contributed by atoms with E-state index in [0.717, 1.165) is 0 Å². The van der Waals surface area contributed by atoms with Crippen LogP contribution >= 0.6 is 35.0 Å². The molecular weight excluding hydrogens is 295 g/mol. The van der Waals surface area contributed by atoms with Gasteiger partial charge in [0.05, 0.1) is 22.6 Å². The van der Waals surface area contributed by atoms with Gasteiger partial charge in [-0.2, -0.15) is 11.8 Å². The van der Waals surface area contributed by atoms with E-state index in [0.29, 0.717) is 33.9 Å². The van der Waals surface area contributed by atoms with Crippen LogP contribution in [0, 0.1) is 5.92 Å². The molecule has 0 aliphatic heterocycles. The first-order valence-corrected chi connectivity index (χ1v) is 7.30. The first kappa shape index (κ1) is 15.5. The summed E-state index contributed by atoms with van der Waals surface area (Å²) in [7, 11) is 0. The number of hydrogen-bond acceptors (Lipinski definition) is 3. The van der Waals surface area contributed by atoms with Gasteiger partial charge in [0.1, 0.15) is 0 Å². The molecule has 0 aromatic heterocycles. The fourth-order valence-electron chi connectivity index (χ4n) is 1.15. The molecule has 0 saturated carbocycles. The van der Waals surface area contributed by atoms with Gasteiger partial charge >= 0.3 is 5.97 Å². The third-order valence-electron chi connectivity index (χ3n) is 2.18. The number of thioether (sulfide) groups is 1. The normalized spacial score (nSPS) is 12.2. The predicted octanol–water partition coefficient (Wildman–Crippen LogP) is 3.83. The molecular formula is C12H14Cl2O3S. The van der Waals surface area contributed by atoms with Crippen LogP contribution in [0.3, 0.4) is 0 Å². The number of rotatable bonds is 7. The average Bonchev–Trinajstić information content (AvgIpc) is 2.31. The molecule has 0 radical (unpaired) electrons. The third-order valence-corrected chi connectivity index (χ3v) is 3.97. The Morgan fingerprint density at radius 2 is 2.06 bits per heavy atom. The summed E-state index contributed by atoms with van der Waals surface area (Å²) >= 11 is 13.4. The fourth-order valence-corrected chi connectivity index (χ4v) is 2.53. The Bertz CT molecular complexity index is 392. The van der Waals surface area contributed by atoms with Crippen molar-refractivity contribution in [3.63, 3.8) is 0 Å². The molecule has 0 aliphatic carbocycles. The summed E-state index contributed by atoms with van der Waals surface area (Å²) in [6.07, 6.45) is 0. The summed E-state index contributed by atoms with van der Waals surface area (Å²) in [5, 5.41) is 9.67. The van der Waals surface area contributed by atoms with Crippen LogP contribution in [0.4, 0.5) is 0 Å². The molecule has 0 amide bonds. The number of hydrogen-bond donors (Lipinski definition) is 1. The van der Waals surface area contributed by atoms with Crippen molar-refractivity contribution in [1.29, 1.82) is 0 Å². The maximum Gasteiger partial charge on any atom is 0.307 e. The predicted molar refractivity (Wildman–Crippen MR) is 76.1 cm³/mol. The summed E-state index contributed by atoms with van der Waals surface area (Å²) in [6.45, 7) is 2.13. The van der Waals surface area contributed by atoms with E-state index in [9.17, 15) is 4.79 Å². The molecule has 0 heterocycles. The second-order valence-corrected chi connectivity index (χ2v) is 5.68. The number of carboxylic acids is 1. The maximum atomic E-state index is 10.6. The largest absolute Gasteiger partial charge is 0.490 e. The van der Waals surface area contributed by atoms with Crippen LogP contribution in [0.15, 0.2) is 18.2 Å². The molecule has 100 valence electrons. The monoisotopic (exact) mass is 308 g/mol. The lowest BCUT2D eigenvalue weighted by atomic mass is 10.2. The summed E-state index contributed by atoms with van der Waals surface area (Å²) in [5.74, 6) is 0.609. The first-order valence-electron chi connectivity index (χ1n) is 5.39. The Balaban J connectivity index is 2.28. The highest BCUT2D eigenvalue weighted by Gasteiger charge is 2.10. The van der Waals surface area contributed by atoms with Crippen molar-refractivity contribution in [2.24, 2.45) is 5.92 Å². The number of halogens is 2. The highest BCUT2D eigenvalue weighted by atomic mass is 35.5. The van der Waals surface area contributed by atoms with Gasteiger partial charge < -0.3 is 9.84 Å². The molecule has 0 saturated heterocycles. The highest BCUT2D eigenvalue weighted by Crippen LogP contribution is 2.32. The van der Waals surface area contributed by atoms with Gasteiger partial charge in [-0.3, -0.25) is 4.79 Å². The number of benzene rings is 1. The van der Waals surface area contributed by atoms with Crippen molar-refractivity contribution in [1.82, 2.24) is 0 Å². The van der Waals surface area contributed by atoms with Crippen molar-refractivity contribution in [2.45, 2.75) is 6.92 Å². The Hall–Kier alpha value is -0.580. The molecule has 0 spiro atoms. The molecule has 0 fully saturated rings. The number of carbonyl (C=O) groups is 1. The molecule has 1 atom stereocenters. The minimum absolute atomic E-state index is 0.348. The first-order chi connectivity index (χ1) is 8.52. The summed E-state index contributed by atoms with van der Waals surface area (Å²) in [4.78, 5) is 10.6. The summed E-state index contributed by atoms with van der Waals surface area (Å²) in [6, 6.07) is 5.17. The molecule has 0 aliphatic rings. The topological polar surface area (TPSA) is 46.5 Å². The summed E-state index contributed by atoms with van der Waals surface area (Å²) in [5.41, 5.74) is 0. The molecule has 18 heavy (non-hydrogen) atoms. The van der Waals surface area contributed by atoms with Crippen LogP contribution in [0.25, 0.3) is 0 Å². The van der Waals surface area contributed by atoms with Gasteiger partial charge in [0.2, 0.25) is 0 Å². The SMILES string of the molecule is CC(CSCCOc1c(Cl)cccc1Cl)C(=O)O. The van der Waals surface area contributed by atoms with Crippen LogP contribution in [-0.4, -0.2) is 29.2 Å². The minimum atomic E-state index is -0.780. The van der Waals surface area contributed by atoms with Gasteiger partial charge in [-0.15, -0.1) is 0 Å². The number of para-hydroxylation sites is 1. The zero-order chi connectivity index (χ0) is 13.5. The lowest BCUT2D eigenvalue weighted by Crippen LogP contribution is -2.13. The molecule has 1 aromatic rings. The van der Waals surface area contributed by atoms with Crippen molar-refractivity contribution in [3.8, 4) is 5.75 Å². The molecule has 1 aromatic carbocycles. The van der Waals surface area contributed by atoms with Crippen molar-refractivity contribution >= 4 is 40.9 Å². The van der Waals surface area contributed by atoms with E-state index in [2.05, 4.69) is 0 Å². The lowest BCUT2D eigenvalue weighted by Gasteiger charge is -2.10. The zero-order valence-corrected chi connectivity index (χ0v) is 12.2. The van der Waals surface area contributed by atoms with Gasteiger partial charge in [-0.1, -0.05) is 36.2 Å². The molecule has 6 heteroatoms. The third kappa shape index (κ3) is 4.96. The fraction of sp³-hybridized carbons (Fsp3) is 0.417. The molecule has 0 bridgehead atoms. The van der Waals surface area contributed by atoms with Crippen molar-refractivity contribution < 1.29 is 14.6 Å². The lowest BCUT2D eigenvalue weighted by molar-refractivity contribution is -0.140. The van der Waals surface area contributed by atoms with E-state index in [-0.39, 0.29) is 5.92 Å². The second kappa shape index (κ2) is 7.77. The van der Waals surface area contributed by atoms with Gasteiger partial charge in [0, 0.05) is 11.5 Å². The van der Waals surface area contributed by atoms with E-state index < -0.39 is 5.97 Å². The molecule has 1 unspecified atom stereocenters. The van der Waals surface area contributed by atoms with Crippen LogP contribution < -0.4 is 4.74 Å². The van der Waals surface area contributed by atoms with E-state index in [4.69, 9.17) is 33.0 Å². The van der Waals surface area contributed by atoms with Crippen LogP contribution in [0.5, 0.6) is 5.75 Å². The van der Waals surface area contributed by atoms with Crippen LogP contribution in [0.2, 0.25) is 10.0 Å². The van der Waals surface area contributed by atoms with Gasteiger partial charge in [0.25, 0.3) is 0 Å². The maximum absolute atomic E-state index is 10.6. The van der Waals surface area contributed by atoms with E-state index >= 15 is 0 Å². The highest BCUT2D eigenvalue weighted by molar-refractivity contribution is 7.99. The van der Waals surface area contributed by atoms with Crippen LogP contribution in [0.1, 0.15) is 6.92 Å². The Labute approximate surface area is 120 Å². The Morgan fingerprint density at radius 1 is 1.44 bits per heavy atom. The standard InChI is InChI=1S/C12H14Cl2O3S/c1-8(12(15)16)7-18-6-5-17-11-9(13)3-2-4-10(11)14/h2-4,8H,5-7H2,1H3,(H,15,16). The molecule has 1 N–H and O–H groups in total. The van der Waals surface area contributed by atoms with Crippen LogP contribution in [-0.2, 0) is 4.79 Å². The van der Waals surface area contributed by atoms with Gasteiger partial charge in [-0.05, 0) is 12.1 Å². The van der Waals surface area contributed by atoms with E-state index in [1.807, 2.05) is 0 Å². The van der Waals surface area contributed by atoms with Crippen molar-refractivity contribution in [3.05, 3.63) is 28.2 Å².